The van der Waals surface area contributed by atoms with Crippen molar-refractivity contribution in [1.29, 1.82) is 0 Å². The van der Waals surface area contributed by atoms with Gasteiger partial charge in [-0.25, -0.2) is 9.37 Å². The lowest BCUT2D eigenvalue weighted by Crippen LogP contribution is -2.38. The molecule has 1 amide bonds. The van der Waals surface area contributed by atoms with Crippen LogP contribution in [0.4, 0.5) is 27.5 Å². The third-order valence-corrected chi connectivity index (χ3v) is 6.34. The van der Waals surface area contributed by atoms with Gasteiger partial charge < -0.3 is 19.7 Å². The van der Waals surface area contributed by atoms with Crippen LogP contribution in [0, 0.1) is 5.82 Å². The largest absolute Gasteiger partial charge is 0.496 e. The Labute approximate surface area is 229 Å². The Balaban J connectivity index is 1.24. The van der Waals surface area contributed by atoms with Crippen LogP contribution in [-0.2, 0) is 4.74 Å². The van der Waals surface area contributed by atoms with E-state index in [2.05, 4.69) is 26.1 Å². The number of rotatable bonds is 8. The summed E-state index contributed by atoms with van der Waals surface area (Å²) in [5, 5.41) is 4.00. The topological polar surface area (TPSA) is 101 Å². The van der Waals surface area contributed by atoms with Crippen molar-refractivity contribution in [1.82, 2.24) is 15.4 Å². The van der Waals surface area contributed by atoms with E-state index in [4.69, 9.17) is 21.1 Å². The number of halogens is 2. The summed E-state index contributed by atoms with van der Waals surface area (Å²) in [5.41, 5.74) is 9.17. The normalized spacial score (nSPS) is 13.1. The maximum Gasteiger partial charge on any atom is 0.273 e. The molecule has 1 aromatic heterocycles. The first-order valence-electron chi connectivity index (χ1n) is 12.2. The molecule has 4 aromatic rings. The molecule has 9 nitrogen and oxygen atoms in total. The minimum absolute atomic E-state index is 0.0599. The minimum Gasteiger partial charge on any atom is -0.496 e. The number of carbonyl (C=O) groups excluding carboxylic acids is 1. The van der Waals surface area contributed by atoms with E-state index in [0.717, 1.165) is 28.7 Å². The first-order chi connectivity index (χ1) is 19.0. The van der Waals surface area contributed by atoms with Gasteiger partial charge in [0.05, 0.1) is 32.1 Å². The Morgan fingerprint density at radius 1 is 1.03 bits per heavy atom. The number of benzene rings is 3. The number of anilines is 4. The highest BCUT2D eigenvalue weighted by Crippen LogP contribution is 2.28. The van der Waals surface area contributed by atoms with Gasteiger partial charge in [0.2, 0.25) is 5.95 Å². The first-order valence-corrected chi connectivity index (χ1v) is 12.6. The second-order valence-corrected chi connectivity index (χ2v) is 9.11. The molecule has 1 fully saturated rings. The molecule has 39 heavy (non-hydrogen) atoms. The van der Waals surface area contributed by atoms with Gasteiger partial charge in [-0.1, -0.05) is 35.9 Å². The molecular formula is C28H26ClFN6O3. The average molecular weight is 549 g/mol. The molecule has 3 N–H and O–H groups in total. The van der Waals surface area contributed by atoms with Gasteiger partial charge in [-0.05, 0) is 47.5 Å². The molecule has 2 heterocycles. The van der Waals surface area contributed by atoms with Gasteiger partial charge in [-0.3, -0.25) is 15.6 Å². The molecule has 0 saturated carbocycles. The summed E-state index contributed by atoms with van der Waals surface area (Å²) in [4.78, 5) is 22.8. The highest BCUT2D eigenvalue weighted by molar-refractivity contribution is 6.30. The van der Waals surface area contributed by atoms with E-state index < -0.39 is 11.7 Å². The molecule has 0 atom stereocenters. The van der Waals surface area contributed by atoms with E-state index in [-0.39, 0.29) is 11.8 Å². The monoisotopic (exact) mass is 548 g/mol. The maximum absolute atomic E-state index is 14.3. The van der Waals surface area contributed by atoms with E-state index in [1.807, 2.05) is 48.5 Å². The van der Waals surface area contributed by atoms with Crippen LogP contribution in [0.3, 0.4) is 0 Å². The molecule has 0 unspecified atom stereocenters. The number of hydrogen-bond acceptors (Lipinski definition) is 8. The maximum atomic E-state index is 14.3. The van der Waals surface area contributed by atoms with Crippen molar-refractivity contribution in [2.45, 2.75) is 0 Å². The number of amides is 1. The molecule has 3 aromatic carbocycles. The second kappa shape index (κ2) is 12.0. The molecule has 0 aliphatic carbocycles. The van der Waals surface area contributed by atoms with Crippen LogP contribution in [0.25, 0.3) is 11.1 Å². The number of ether oxygens (including phenoxy) is 2. The zero-order valence-electron chi connectivity index (χ0n) is 21.1. The Kier molecular flexibility index (Phi) is 8.04. The van der Waals surface area contributed by atoms with Gasteiger partial charge in [-0.2, -0.15) is 4.98 Å². The summed E-state index contributed by atoms with van der Waals surface area (Å²) in [6.45, 7) is 2.01. The summed E-state index contributed by atoms with van der Waals surface area (Å²) >= 11 is 6.11. The second-order valence-electron chi connectivity index (χ2n) is 8.67. The van der Waals surface area contributed by atoms with Crippen molar-refractivity contribution < 1.29 is 18.7 Å². The predicted molar refractivity (Wildman–Crippen MR) is 149 cm³/mol. The Morgan fingerprint density at radius 2 is 1.79 bits per heavy atom. The molecule has 1 saturated heterocycles. The van der Waals surface area contributed by atoms with Gasteiger partial charge in [0.25, 0.3) is 5.91 Å². The standard InChI is InChI=1S/C28H26ClFN6O3/c1-38-25-16-22(32-21-7-5-18(6-8-21)19-3-2-4-20(29)15-19)9-10-23(25)27(37)34-35-28-31-17-24(30)26(33-28)36-11-13-39-14-12-36/h2-10,15-17,32H,11-14H2,1H3,(H,34,37)(H,31,33,35). The molecule has 0 bridgehead atoms. The summed E-state index contributed by atoms with van der Waals surface area (Å²) < 4.78 is 25.0. The smallest absolute Gasteiger partial charge is 0.273 e. The minimum atomic E-state index is -0.544. The summed E-state index contributed by atoms with van der Waals surface area (Å²) in [5.74, 6) is -0.435. The molecule has 0 spiro atoms. The van der Waals surface area contributed by atoms with Crippen molar-refractivity contribution in [3.63, 3.8) is 0 Å². The quantitative estimate of drug-likeness (QED) is 0.256. The van der Waals surface area contributed by atoms with Gasteiger partial charge in [0, 0.05) is 35.6 Å². The number of morpholine rings is 1. The Morgan fingerprint density at radius 3 is 2.54 bits per heavy atom. The third-order valence-electron chi connectivity index (χ3n) is 6.10. The van der Waals surface area contributed by atoms with Gasteiger partial charge in [0.15, 0.2) is 11.6 Å². The Bertz CT molecular complexity index is 1460. The number of nitrogens with one attached hydrogen (secondary N) is 3. The fraction of sp³-hybridized carbons (Fsp3) is 0.179. The van der Waals surface area contributed by atoms with Crippen LogP contribution in [0.1, 0.15) is 10.4 Å². The average Bonchev–Trinajstić information content (AvgIpc) is 2.97. The van der Waals surface area contributed by atoms with E-state index in [9.17, 15) is 9.18 Å². The Hall–Kier alpha value is -4.41. The molecule has 200 valence electrons. The van der Waals surface area contributed by atoms with Crippen LogP contribution >= 0.6 is 11.6 Å². The molecule has 0 radical (unpaired) electrons. The van der Waals surface area contributed by atoms with Gasteiger partial charge in [0.1, 0.15) is 5.75 Å². The van der Waals surface area contributed by atoms with Crippen LogP contribution < -0.4 is 25.8 Å². The fourth-order valence-electron chi connectivity index (χ4n) is 4.13. The molecule has 5 rings (SSSR count). The van der Waals surface area contributed by atoms with Gasteiger partial charge in [-0.15, -0.1) is 0 Å². The molecule has 1 aliphatic rings. The van der Waals surface area contributed by atoms with E-state index >= 15 is 0 Å². The SMILES string of the molecule is COc1cc(Nc2ccc(-c3cccc(Cl)c3)cc2)ccc1C(=O)NNc1ncc(F)c(N2CCOCC2)n1. The van der Waals surface area contributed by atoms with Crippen molar-refractivity contribution in [3.05, 3.63) is 89.3 Å². The first kappa shape index (κ1) is 26.2. The van der Waals surface area contributed by atoms with Crippen molar-refractivity contribution >= 4 is 40.6 Å². The molecule has 11 heteroatoms. The molecular weight excluding hydrogens is 523 g/mol. The summed E-state index contributed by atoms with van der Waals surface area (Å²) in [7, 11) is 1.49. The highest BCUT2D eigenvalue weighted by Gasteiger charge is 2.19. The lowest BCUT2D eigenvalue weighted by atomic mass is 10.1. The number of hydrazine groups is 1. The number of aromatic nitrogens is 2. The van der Waals surface area contributed by atoms with Crippen LogP contribution in [0.15, 0.2) is 72.9 Å². The number of methoxy groups -OCH3 is 1. The summed E-state index contributed by atoms with van der Waals surface area (Å²) in [6, 6.07) is 20.7. The van der Waals surface area contributed by atoms with E-state index in [0.29, 0.717) is 42.6 Å². The zero-order valence-corrected chi connectivity index (χ0v) is 21.8. The van der Waals surface area contributed by atoms with Crippen LogP contribution in [0.2, 0.25) is 5.02 Å². The van der Waals surface area contributed by atoms with Crippen molar-refractivity contribution in [2.24, 2.45) is 0 Å². The van der Waals surface area contributed by atoms with Gasteiger partial charge >= 0.3 is 0 Å². The molecule has 1 aliphatic heterocycles. The zero-order chi connectivity index (χ0) is 27.2. The summed E-state index contributed by atoms with van der Waals surface area (Å²) in [6.07, 6.45) is 1.06. The predicted octanol–water partition coefficient (Wildman–Crippen LogP) is 5.28. The number of nitrogens with zero attached hydrogens (tertiary/aromatic N) is 3. The third kappa shape index (κ3) is 6.36. The van der Waals surface area contributed by atoms with E-state index in [1.54, 1.807) is 23.1 Å². The van der Waals surface area contributed by atoms with Crippen molar-refractivity contribution in [2.75, 3.05) is 49.1 Å². The lowest BCUT2D eigenvalue weighted by Gasteiger charge is -2.28. The number of hydrogen-bond donors (Lipinski definition) is 3. The fourth-order valence-corrected chi connectivity index (χ4v) is 4.32. The van der Waals surface area contributed by atoms with Crippen LogP contribution in [-0.4, -0.2) is 49.3 Å². The highest BCUT2D eigenvalue weighted by atomic mass is 35.5. The number of carbonyl (C=O) groups is 1. The van der Waals surface area contributed by atoms with E-state index in [1.165, 1.54) is 7.11 Å². The van der Waals surface area contributed by atoms with Crippen LogP contribution in [0.5, 0.6) is 5.75 Å². The van der Waals surface area contributed by atoms with Crippen molar-refractivity contribution in [3.8, 4) is 16.9 Å². The lowest BCUT2D eigenvalue weighted by molar-refractivity contribution is 0.0959.